The lowest BCUT2D eigenvalue weighted by Crippen LogP contribution is -2.37. The van der Waals surface area contributed by atoms with Crippen LogP contribution in [0.1, 0.15) is 50.7 Å². The van der Waals surface area contributed by atoms with E-state index >= 15 is 0 Å². The van der Waals surface area contributed by atoms with Gasteiger partial charge in [-0.05, 0) is 62.5 Å². The molecule has 112 valence electrons. The van der Waals surface area contributed by atoms with E-state index in [1.807, 2.05) is 0 Å². The summed E-state index contributed by atoms with van der Waals surface area (Å²) < 4.78 is 0. The average Bonchev–Trinajstić information content (AvgIpc) is 2.45. The van der Waals surface area contributed by atoms with Crippen molar-refractivity contribution in [3.63, 3.8) is 0 Å². The first-order valence-electron chi connectivity index (χ1n) is 8.31. The number of nitrogens with zero attached hydrogens (tertiary/aromatic N) is 1. The Kier molecular flexibility index (Phi) is 6.06. The van der Waals surface area contributed by atoms with Gasteiger partial charge in [0.2, 0.25) is 0 Å². The van der Waals surface area contributed by atoms with Gasteiger partial charge in [-0.25, -0.2) is 0 Å². The third-order valence-corrected chi connectivity index (χ3v) is 4.71. The van der Waals surface area contributed by atoms with Crippen molar-refractivity contribution in [1.82, 2.24) is 10.2 Å². The van der Waals surface area contributed by atoms with Crippen LogP contribution in [-0.2, 0) is 6.42 Å². The molecule has 0 radical (unpaired) electrons. The molecule has 0 amide bonds. The summed E-state index contributed by atoms with van der Waals surface area (Å²) in [6.07, 6.45) is 3.85. The fraction of sp³-hybridized carbons (Fsp3) is 0.667. The van der Waals surface area contributed by atoms with E-state index in [1.165, 1.54) is 38.9 Å². The van der Waals surface area contributed by atoms with Crippen molar-refractivity contribution < 1.29 is 0 Å². The van der Waals surface area contributed by atoms with Gasteiger partial charge in [-0.2, -0.15) is 0 Å². The maximum atomic E-state index is 3.69. The monoisotopic (exact) mass is 274 g/mol. The minimum absolute atomic E-state index is 0.666. The molecule has 0 aliphatic heterocycles. The topological polar surface area (TPSA) is 15.3 Å². The zero-order valence-electron chi connectivity index (χ0n) is 13.4. The van der Waals surface area contributed by atoms with Gasteiger partial charge in [0.05, 0.1) is 0 Å². The molecule has 2 unspecified atom stereocenters. The van der Waals surface area contributed by atoms with Crippen LogP contribution >= 0.6 is 0 Å². The Labute approximate surface area is 124 Å². The molecule has 2 rings (SSSR count). The van der Waals surface area contributed by atoms with E-state index in [1.54, 1.807) is 11.1 Å². The number of benzene rings is 1. The van der Waals surface area contributed by atoms with Crippen LogP contribution in [0, 0.1) is 0 Å². The Hall–Kier alpha value is -0.860. The van der Waals surface area contributed by atoms with Crippen molar-refractivity contribution in [3.05, 3.63) is 35.4 Å². The van der Waals surface area contributed by atoms with E-state index in [4.69, 9.17) is 0 Å². The van der Waals surface area contributed by atoms with Crippen LogP contribution in [0.5, 0.6) is 0 Å². The van der Waals surface area contributed by atoms with Gasteiger partial charge in [-0.15, -0.1) is 0 Å². The second-order valence-electron chi connectivity index (χ2n) is 5.91. The number of rotatable bonds is 9. The van der Waals surface area contributed by atoms with E-state index in [9.17, 15) is 0 Å². The van der Waals surface area contributed by atoms with E-state index in [0.717, 1.165) is 12.5 Å². The van der Waals surface area contributed by atoms with Crippen LogP contribution in [0.15, 0.2) is 24.3 Å². The van der Waals surface area contributed by atoms with Crippen LogP contribution in [-0.4, -0.2) is 37.1 Å². The molecule has 0 spiro atoms. The molecule has 20 heavy (non-hydrogen) atoms. The first kappa shape index (κ1) is 15.5. The maximum absolute atomic E-state index is 3.69. The van der Waals surface area contributed by atoms with E-state index in [0.29, 0.717) is 6.04 Å². The Bertz CT molecular complexity index is 398. The molecule has 2 heteroatoms. The smallest absolute Gasteiger partial charge is 0.00850 e. The summed E-state index contributed by atoms with van der Waals surface area (Å²) in [4.78, 5) is 2.53. The average molecular weight is 274 g/mol. The Morgan fingerprint density at radius 2 is 1.95 bits per heavy atom. The molecule has 0 fully saturated rings. The third-order valence-electron chi connectivity index (χ3n) is 4.71. The molecule has 1 aromatic carbocycles. The Morgan fingerprint density at radius 1 is 1.20 bits per heavy atom. The predicted octanol–water partition coefficient (Wildman–Crippen LogP) is 3.43. The fourth-order valence-corrected chi connectivity index (χ4v) is 3.39. The molecule has 0 heterocycles. The summed E-state index contributed by atoms with van der Waals surface area (Å²) in [6.45, 7) is 11.4. The summed E-state index contributed by atoms with van der Waals surface area (Å²) in [7, 11) is 0. The largest absolute Gasteiger partial charge is 0.314 e. The standard InChI is InChI=1S/C18H30N2/c1-4-19-17(11-12-20(5-2)6-3)14-16-13-15-9-7-8-10-18(15)16/h7-10,16-17,19H,4-6,11-14H2,1-3H3. The van der Waals surface area contributed by atoms with Gasteiger partial charge >= 0.3 is 0 Å². The summed E-state index contributed by atoms with van der Waals surface area (Å²) in [5, 5.41) is 3.69. The SMILES string of the molecule is CCNC(CCN(CC)CC)CC1Cc2ccccc21. The van der Waals surface area contributed by atoms with E-state index < -0.39 is 0 Å². The summed E-state index contributed by atoms with van der Waals surface area (Å²) in [5.74, 6) is 0.784. The lowest BCUT2D eigenvalue weighted by Gasteiger charge is -2.34. The van der Waals surface area contributed by atoms with E-state index in [-0.39, 0.29) is 0 Å². The molecule has 0 saturated heterocycles. The second-order valence-corrected chi connectivity index (χ2v) is 5.91. The van der Waals surface area contributed by atoms with Gasteiger partial charge in [-0.1, -0.05) is 45.0 Å². The molecule has 0 saturated carbocycles. The van der Waals surface area contributed by atoms with Crippen molar-refractivity contribution in [2.45, 2.75) is 52.0 Å². The molecular formula is C18H30N2. The first-order chi connectivity index (χ1) is 9.78. The van der Waals surface area contributed by atoms with Crippen molar-refractivity contribution >= 4 is 0 Å². The molecule has 1 aliphatic carbocycles. The highest BCUT2D eigenvalue weighted by Gasteiger charge is 2.27. The normalized spacial score (nSPS) is 18.7. The summed E-state index contributed by atoms with van der Waals surface area (Å²) in [5.41, 5.74) is 3.16. The molecule has 0 aromatic heterocycles. The minimum Gasteiger partial charge on any atom is -0.314 e. The second kappa shape index (κ2) is 7.80. The molecule has 0 bridgehead atoms. The van der Waals surface area contributed by atoms with Gasteiger partial charge in [-0.3, -0.25) is 0 Å². The lowest BCUT2D eigenvalue weighted by atomic mass is 9.74. The van der Waals surface area contributed by atoms with E-state index in [2.05, 4.69) is 55.3 Å². The highest BCUT2D eigenvalue weighted by molar-refractivity contribution is 5.39. The molecule has 2 nitrogen and oxygen atoms in total. The van der Waals surface area contributed by atoms with Gasteiger partial charge in [0.25, 0.3) is 0 Å². The first-order valence-corrected chi connectivity index (χ1v) is 8.31. The van der Waals surface area contributed by atoms with Crippen molar-refractivity contribution in [1.29, 1.82) is 0 Å². The number of hydrogen-bond donors (Lipinski definition) is 1. The van der Waals surface area contributed by atoms with Crippen molar-refractivity contribution in [3.8, 4) is 0 Å². The fourth-order valence-electron chi connectivity index (χ4n) is 3.39. The van der Waals surface area contributed by atoms with Gasteiger partial charge < -0.3 is 10.2 Å². The van der Waals surface area contributed by atoms with Gasteiger partial charge in [0.1, 0.15) is 0 Å². The molecule has 1 aliphatic rings. The number of hydrogen-bond acceptors (Lipinski definition) is 2. The molecule has 1 N–H and O–H groups in total. The van der Waals surface area contributed by atoms with Crippen molar-refractivity contribution in [2.75, 3.05) is 26.2 Å². The summed E-state index contributed by atoms with van der Waals surface area (Å²) in [6, 6.07) is 9.61. The quantitative estimate of drug-likeness (QED) is 0.742. The predicted molar refractivity (Wildman–Crippen MR) is 87.4 cm³/mol. The van der Waals surface area contributed by atoms with Crippen molar-refractivity contribution in [2.24, 2.45) is 0 Å². The number of fused-ring (bicyclic) bond motifs is 1. The van der Waals surface area contributed by atoms with Crippen LogP contribution in [0.2, 0.25) is 0 Å². The summed E-state index contributed by atoms with van der Waals surface area (Å²) >= 11 is 0. The van der Waals surface area contributed by atoms with Gasteiger partial charge in [0.15, 0.2) is 0 Å². The highest BCUT2D eigenvalue weighted by atomic mass is 15.1. The zero-order chi connectivity index (χ0) is 14.4. The van der Waals surface area contributed by atoms with Crippen LogP contribution in [0.25, 0.3) is 0 Å². The molecule has 2 atom stereocenters. The third kappa shape index (κ3) is 3.83. The Morgan fingerprint density at radius 3 is 2.60 bits per heavy atom. The highest BCUT2D eigenvalue weighted by Crippen LogP contribution is 2.38. The van der Waals surface area contributed by atoms with Gasteiger partial charge in [0, 0.05) is 6.04 Å². The Balaban J connectivity index is 1.84. The lowest BCUT2D eigenvalue weighted by molar-refractivity contribution is 0.272. The maximum Gasteiger partial charge on any atom is 0.00850 e. The zero-order valence-corrected chi connectivity index (χ0v) is 13.4. The van der Waals surface area contributed by atoms with Crippen LogP contribution < -0.4 is 5.32 Å². The number of nitrogens with one attached hydrogen (secondary N) is 1. The molecule has 1 aromatic rings. The molecular weight excluding hydrogens is 244 g/mol. The minimum atomic E-state index is 0.666. The van der Waals surface area contributed by atoms with Crippen LogP contribution in [0.3, 0.4) is 0 Å². The van der Waals surface area contributed by atoms with Crippen LogP contribution in [0.4, 0.5) is 0 Å².